The highest BCUT2D eigenvalue weighted by Crippen LogP contribution is 2.44. The molecule has 0 bridgehead atoms. The van der Waals surface area contributed by atoms with E-state index in [-0.39, 0.29) is 0 Å². The van der Waals surface area contributed by atoms with Crippen LogP contribution in [0.5, 0.6) is 0 Å². The van der Waals surface area contributed by atoms with Gasteiger partial charge in [-0.15, -0.1) is 11.3 Å². The fraction of sp³-hybridized carbons (Fsp3) is 0.0244. The van der Waals surface area contributed by atoms with Crippen LogP contribution in [0.25, 0.3) is 75.7 Å². The number of fused-ring (bicyclic) bond motifs is 6. The summed E-state index contributed by atoms with van der Waals surface area (Å²) in [5, 5.41) is 7.62. The van der Waals surface area contributed by atoms with Crippen LogP contribution in [0.2, 0.25) is 0 Å². The van der Waals surface area contributed by atoms with E-state index >= 15 is 0 Å². The highest BCUT2D eigenvalue weighted by atomic mass is 32.1. The highest BCUT2D eigenvalue weighted by Gasteiger charge is 2.15. The lowest BCUT2D eigenvalue weighted by Gasteiger charge is -2.14. The number of benzene rings is 7. The van der Waals surface area contributed by atoms with E-state index in [4.69, 9.17) is 5.73 Å². The van der Waals surface area contributed by atoms with E-state index in [2.05, 4.69) is 153 Å². The van der Waals surface area contributed by atoms with E-state index in [1.165, 1.54) is 75.1 Å². The predicted molar refractivity (Wildman–Crippen MR) is 188 cm³/mol. The molecule has 0 amide bonds. The number of rotatable bonds is 4. The van der Waals surface area contributed by atoms with E-state index in [1.54, 1.807) is 0 Å². The summed E-state index contributed by atoms with van der Waals surface area (Å²) in [6.07, 6.45) is 2.16. The van der Waals surface area contributed by atoms with Gasteiger partial charge < -0.3 is 5.73 Å². The van der Waals surface area contributed by atoms with Crippen LogP contribution >= 0.6 is 11.3 Å². The molecule has 2 heteroatoms. The van der Waals surface area contributed by atoms with Crippen LogP contribution in [0.15, 0.2) is 140 Å². The van der Waals surface area contributed by atoms with E-state index < -0.39 is 0 Å². The fourth-order valence-corrected chi connectivity index (χ4v) is 7.90. The van der Waals surface area contributed by atoms with Gasteiger partial charge in [-0.25, -0.2) is 0 Å². The molecule has 0 saturated heterocycles. The second-order valence-corrected chi connectivity index (χ2v) is 12.2. The fourth-order valence-electron chi connectivity index (χ4n) is 6.53. The summed E-state index contributed by atoms with van der Waals surface area (Å²) >= 11 is 1.88. The third-order valence-electron chi connectivity index (χ3n) is 8.66. The Bertz CT molecular complexity index is 2360. The summed E-state index contributed by atoms with van der Waals surface area (Å²) < 4.78 is 2.63. The molecule has 0 atom stereocenters. The van der Waals surface area contributed by atoms with Gasteiger partial charge >= 0.3 is 0 Å². The number of hydrogen-bond donors (Lipinski definition) is 1. The van der Waals surface area contributed by atoms with Crippen molar-refractivity contribution in [2.75, 3.05) is 0 Å². The minimum atomic E-state index is 0.764. The van der Waals surface area contributed by atoms with E-state index in [9.17, 15) is 0 Å². The smallest absolute Gasteiger partial charge is 0.0434 e. The van der Waals surface area contributed by atoms with Crippen molar-refractivity contribution in [2.45, 2.75) is 6.92 Å². The first-order valence-corrected chi connectivity index (χ1v) is 15.5. The van der Waals surface area contributed by atoms with Crippen molar-refractivity contribution in [1.29, 1.82) is 0 Å². The normalized spacial score (nSPS) is 12.1. The SMILES string of the molecule is Cc1c(/C=C(\N)c2cccc(-c3cccc4c3sc3c(-c5ccccc5)cccc34)c2)c2ccccc2c2ccccc12. The molecule has 43 heavy (non-hydrogen) atoms. The summed E-state index contributed by atoms with van der Waals surface area (Å²) in [5.74, 6) is 0. The third kappa shape index (κ3) is 4.22. The molecule has 0 unspecified atom stereocenters. The Morgan fingerprint density at radius 3 is 1.72 bits per heavy atom. The molecule has 2 N–H and O–H groups in total. The van der Waals surface area contributed by atoms with Gasteiger partial charge in [0.05, 0.1) is 0 Å². The largest absolute Gasteiger partial charge is 0.398 e. The van der Waals surface area contributed by atoms with Gasteiger partial charge in [0.15, 0.2) is 0 Å². The lowest BCUT2D eigenvalue weighted by molar-refractivity contribution is 1.50. The van der Waals surface area contributed by atoms with Crippen LogP contribution in [0.4, 0.5) is 0 Å². The van der Waals surface area contributed by atoms with Crippen LogP contribution in [0.3, 0.4) is 0 Å². The average Bonchev–Trinajstić information content (AvgIpc) is 3.46. The maximum atomic E-state index is 6.90. The molecule has 7 aromatic carbocycles. The second-order valence-electron chi connectivity index (χ2n) is 11.1. The molecular weight excluding hydrogens is 539 g/mol. The van der Waals surface area contributed by atoms with Crippen molar-refractivity contribution < 1.29 is 0 Å². The number of aryl methyl sites for hydroxylation is 1. The van der Waals surface area contributed by atoms with Gasteiger partial charge in [0, 0.05) is 25.9 Å². The van der Waals surface area contributed by atoms with Crippen LogP contribution in [-0.2, 0) is 0 Å². The first kappa shape index (κ1) is 25.5. The molecule has 1 nitrogen and oxygen atoms in total. The standard InChI is InChI=1S/C41H29NS/c1-26-30-16-5-6-17-33(30)34-18-7-8-19-35(34)38(26)25-39(42)29-15-9-14-28(24-29)32-21-11-23-37-36-22-10-20-31(40(36)43-41(32)37)27-12-3-2-4-13-27/h2-25H,42H2,1H3/b39-25-. The topological polar surface area (TPSA) is 26.0 Å². The van der Waals surface area contributed by atoms with Crippen molar-refractivity contribution in [2.24, 2.45) is 5.73 Å². The van der Waals surface area contributed by atoms with Crippen molar-refractivity contribution >= 4 is 64.8 Å². The Kier molecular flexibility index (Phi) is 6.10. The van der Waals surface area contributed by atoms with Gasteiger partial charge in [0.2, 0.25) is 0 Å². The monoisotopic (exact) mass is 567 g/mol. The van der Waals surface area contributed by atoms with Crippen molar-refractivity contribution in [1.82, 2.24) is 0 Å². The van der Waals surface area contributed by atoms with Crippen LogP contribution in [0.1, 0.15) is 16.7 Å². The Labute approximate surface area is 255 Å². The van der Waals surface area contributed by atoms with E-state index in [0.717, 1.165) is 11.3 Å². The Hall–Kier alpha value is -5.18. The molecule has 8 rings (SSSR count). The van der Waals surface area contributed by atoms with Crippen molar-refractivity contribution in [3.63, 3.8) is 0 Å². The minimum Gasteiger partial charge on any atom is -0.398 e. The summed E-state index contributed by atoms with van der Waals surface area (Å²) in [6.45, 7) is 2.20. The highest BCUT2D eigenvalue weighted by molar-refractivity contribution is 7.26. The molecule has 1 heterocycles. The molecule has 0 aliphatic rings. The van der Waals surface area contributed by atoms with Gasteiger partial charge in [0.1, 0.15) is 0 Å². The summed E-state index contributed by atoms with van der Waals surface area (Å²) in [7, 11) is 0. The number of thiophene rings is 1. The summed E-state index contributed by atoms with van der Waals surface area (Å²) in [5.41, 5.74) is 16.1. The Morgan fingerprint density at radius 1 is 0.512 bits per heavy atom. The van der Waals surface area contributed by atoms with Gasteiger partial charge in [-0.3, -0.25) is 0 Å². The Balaban J connectivity index is 1.27. The molecule has 1 aromatic heterocycles. The van der Waals surface area contributed by atoms with Gasteiger partial charge in [-0.2, -0.15) is 0 Å². The third-order valence-corrected chi connectivity index (χ3v) is 9.95. The maximum Gasteiger partial charge on any atom is 0.0434 e. The van der Waals surface area contributed by atoms with Crippen LogP contribution in [0, 0.1) is 6.92 Å². The van der Waals surface area contributed by atoms with E-state index in [0.29, 0.717) is 0 Å². The van der Waals surface area contributed by atoms with Crippen molar-refractivity contribution in [3.8, 4) is 22.3 Å². The predicted octanol–water partition coefficient (Wildman–Crippen LogP) is 11.5. The lowest BCUT2D eigenvalue weighted by Crippen LogP contribution is -1.98. The molecule has 8 aromatic rings. The zero-order chi connectivity index (χ0) is 28.9. The van der Waals surface area contributed by atoms with Gasteiger partial charge in [-0.1, -0.05) is 133 Å². The second kappa shape index (κ2) is 10.3. The number of nitrogens with two attached hydrogens (primary N) is 1. The zero-order valence-electron chi connectivity index (χ0n) is 23.8. The van der Waals surface area contributed by atoms with Crippen molar-refractivity contribution in [3.05, 3.63) is 156 Å². The first-order valence-electron chi connectivity index (χ1n) is 14.6. The molecular formula is C41H29NS. The summed E-state index contributed by atoms with van der Waals surface area (Å²) in [4.78, 5) is 0. The zero-order valence-corrected chi connectivity index (χ0v) is 24.7. The first-order chi connectivity index (χ1) is 21.2. The van der Waals surface area contributed by atoms with Gasteiger partial charge in [0.25, 0.3) is 0 Å². The average molecular weight is 568 g/mol. The molecule has 0 spiro atoms. The molecule has 0 saturated carbocycles. The van der Waals surface area contributed by atoms with Gasteiger partial charge in [-0.05, 0) is 79.6 Å². The van der Waals surface area contributed by atoms with E-state index in [1.807, 2.05) is 11.3 Å². The maximum absolute atomic E-state index is 6.90. The summed E-state index contributed by atoms with van der Waals surface area (Å²) in [6, 6.07) is 50.0. The molecule has 0 aliphatic heterocycles. The molecule has 0 fully saturated rings. The molecule has 0 radical (unpaired) electrons. The molecule has 204 valence electrons. The molecule has 0 aliphatic carbocycles. The lowest BCUT2D eigenvalue weighted by atomic mass is 9.91. The quantitative estimate of drug-likeness (QED) is 0.166. The minimum absolute atomic E-state index is 0.764. The van der Waals surface area contributed by atoms with Crippen LogP contribution < -0.4 is 5.73 Å². The number of hydrogen-bond acceptors (Lipinski definition) is 2. The Morgan fingerprint density at radius 2 is 1.02 bits per heavy atom. The van der Waals surface area contributed by atoms with Crippen LogP contribution in [-0.4, -0.2) is 0 Å².